The molecular weight excluding hydrogens is 288 g/mol. The van der Waals surface area contributed by atoms with Crippen LogP contribution in [-0.4, -0.2) is 19.4 Å². The number of halogens is 1. The van der Waals surface area contributed by atoms with Gasteiger partial charge in [0, 0.05) is 24.9 Å². The van der Waals surface area contributed by atoms with Crippen LogP contribution in [0, 0.1) is 0 Å². The molecule has 102 valence electrons. The molecule has 5 nitrogen and oxygen atoms in total. The maximum atomic E-state index is 12.1. The van der Waals surface area contributed by atoms with E-state index in [-0.39, 0.29) is 16.0 Å². The van der Waals surface area contributed by atoms with Gasteiger partial charge in [0.15, 0.2) is 0 Å². The quantitative estimate of drug-likeness (QED) is 0.919. The second kappa shape index (κ2) is 5.73. The van der Waals surface area contributed by atoms with Crippen molar-refractivity contribution < 1.29 is 12.8 Å². The highest BCUT2D eigenvalue weighted by atomic mass is 35.5. The third-order valence-corrected chi connectivity index (χ3v) is 4.20. The van der Waals surface area contributed by atoms with Gasteiger partial charge in [0.25, 0.3) is 0 Å². The molecule has 0 aliphatic heterocycles. The Morgan fingerprint density at radius 2 is 2.26 bits per heavy atom. The van der Waals surface area contributed by atoms with Crippen LogP contribution in [0.2, 0.25) is 5.02 Å². The van der Waals surface area contributed by atoms with Crippen LogP contribution in [0.4, 0.5) is 0 Å². The highest BCUT2D eigenvalue weighted by molar-refractivity contribution is 7.89. The van der Waals surface area contributed by atoms with Crippen molar-refractivity contribution in [1.82, 2.24) is 9.71 Å². The lowest BCUT2D eigenvalue weighted by Gasteiger charge is -2.12. The maximum absolute atomic E-state index is 12.1. The first-order valence-electron chi connectivity index (χ1n) is 5.62. The van der Waals surface area contributed by atoms with E-state index in [2.05, 4.69) is 9.71 Å². The molecule has 0 radical (unpaired) electrons. The Balaban J connectivity index is 2.09. The Hall–Kier alpha value is -1.37. The van der Waals surface area contributed by atoms with E-state index in [1.807, 2.05) is 0 Å². The lowest BCUT2D eigenvalue weighted by atomic mass is 10.2. The molecule has 2 heterocycles. The maximum Gasteiger partial charge on any atom is 0.242 e. The third kappa shape index (κ3) is 3.79. The fourth-order valence-electron chi connectivity index (χ4n) is 1.64. The Morgan fingerprint density at radius 1 is 1.47 bits per heavy atom. The lowest BCUT2D eigenvalue weighted by molar-refractivity contribution is 0.479. The van der Waals surface area contributed by atoms with E-state index in [0.717, 1.165) is 5.76 Å². The first-order valence-corrected chi connectivity index (χ1v) is 7.49. The number of rotatable bonds is 5. The van der Waals surface area contributed by atoms with Crippen LogP contribution in [0.25, 0.3) is 0 Å². The summed E-state index contributed by atoms with van der Waals surface area (Å²) < 4.78 is 31.9. The summed E-state index contributed by atoms with van der Waals surface area (Å²) in [6.45, 7) is 1.76. The molecule has 0 amide bonds. The van der Waals surface area contributed by atoms with Gasteiger partial charge in [-0.15, -0.1) is 0 Å². The van der Waals surface area contributed by atoms with Crippen molar-refractivity contribution in [3.8, 4) is 0 Å². The van der Waals surface area contributed by atoms with Gasteiger partial charge in [0.1, 0.15) is 10.7 Å². The number of hydrogen-bond donors (Lipinski definition) is 1. The summed E-state index contributed by atoms with van der Waals surface area (Å²) in [4.78, 5) is 3.81. The van der Waals surface area contributed by atoms with Crippen LogP contribution in [0.3, 0.4) is 0 Å². The van der Waals surface area contributed by atoms with E-state index in [1.54, 1.807) is 25.3 Å². The number of nitrogens with one attached hydrogen (secondary N) is 1. The van der Waals surface area contributed by atoms with Crippen LogP contribution in [0.15, 0.2) is 46.2 Å². The predicted octanol–water partition coefficient (Wildman–Crippen LogP) is 2.24. The minimum absolute atomic E-state index is 0.0475. The topological polar surface area (TPSA) is 72.2 Å². The summed E-state index contributed by atoms with van der Waals surface area (Å²) in [5.74, 6) is 0.722. The molecule has 0 unspecified atom stereocenters. The average Bonchev–Trinajstić information content (AvgIpc) is 2.81. The molecule has 0 saturated heterocycles. The highest BCUT2D eigenvalue weighted by Crippen LogP contribution is 2.14. The summed E-state index contributed by atoms with van der Waals surface area (Å²) in [5.41, 5.74) is 0. The normalized spacial score (nSPS) is 13.4. The molecule has 2 aromatic heterocycles. The van der Waals surface area contributed by atoms with Crippen molar-refractivity contribution in [3.05, 3.63) is 47.6 Å². The second-order valence-corrected chi connectivity index (χ2v) is 6.30. The molecule has 7 heteroatoms. The third-order valence-electron chi connectivity index (χ3n) is 2.43. The summed E-state index contributed by atoms with van der Waals surface area (Å²) in [6.07, 6.45) is 4.67. The number of furan rings is 1. The van der Waals surface area contributed by atoms with Crippen molar-refractivity contribution in [2.45, 2.75) is 24.3 Å². The van der Waals surface area contributed by atoms with E-state index >= 15 is 0 Å². The number of aromatic nitrogens is 1. The molecule has 0 aromatic carbocycles. The summed E-state index contributed by atoms with van der Waals surface area (Å²) in [7, 11) is -3.62. The van der Waals surface area contributed by atoms with Crippen molar-refractivity contribution in [3.63, 3.8) is 0 Å². The molecule has 0 aliphatic rings. The zero-order valence-corrected chi connectivity index (χ0v) is 11.8. The molecule has 1 N–H and O–H groups in total. The van der Waals surface area contributed by atoms with Crippen molar-refractivity contribution in [2.75, 3.05) is 0 Å². The van der Waals surface area contributed by atoms with Gasteiger partial charge in [-0.2, -0.15) is 0 Å². The number of pyridine rings is 1. The van der Waals surface area contributed by atoms with Gasteiger partial charge < -0.3 is 4.42 Å². The van der Waals surface area contributed by atoms with Crippen LogP contribution in [0.5, 0.6) is 0 Å². The smallest absolute Gasteiger partial charge is 0.242 e. The first kappa shape index (κ1) is 14.0. The molecule has 0 saturated carbocycles. The highest BCUT2D eigenvalue weighted by Gasteiger charge is 2.18. The van der Waals surface area contributed by atoms with Crippen molar-refractivity contribution in [2.24, 2.45) is 0 Å². The molecule has 2 rings (SSSR count). The van der Waals surface area contributed by atoms with Crippen LogP contribution < -0.4 is 4.72 Å². The van der Waals surface area contributed by atoms with Gasteiger partial charge in [-0.25, -0.2) is 13.1 Å². The Bertz CT molecular complexity index is 641. The number of nitrogens with zero attached hydrogens (tertiary/aromatic N) is 1. The number of hydrogen-bond acceptors (Lipinski definition) is 4. The Morgan fingerprint density at radius 3 is 2.89 bits per heavy atom. The van der Waals surface area contributed by atoms with Gasteiger partial charge in [0.05, 0.1) is 11.3 Å². The molecule has 0 aliphatic carbocycles. The second-order valence-electron chi connectivity index (χ2n) is 4.14. The molecule has 0 spiro atoms. The van der Waals surface area contributed by atoms with E-state index in [1.165, 1.54) is 18.5 Å². The zero-order valence-electron chi connectivity index (χ0n) is 10.2. The number of sulfonamides is 1. The van der Waals surface area contributed by atoms with Gasteiger partial charge in [-0.3, -0.25) is 4.98 Å². The zero-order chi connectivity index (χ0) is 13.9. The Kier molecular flexibility index (Phi) is 4.24. The molecule has 0 bridgehead atoms. The van der Waals surface area contributed by atoms with Crippen LogP contribution in [-0.2, 0) is 16.4 Å². The predicted molar refractivity (Wildman–Crippen MR) is 71.4 cm³/mol. The van der Waals surface area contributed by atoms with Gasteiger partial charge in [-0.1, -0.05) is 11.6 Å². The average molecular weight is 301 g/mol. The van der Waals surface area contributed by atoms with Gasteiger partial charge >= 0.3 is 0 Å². The SMILES string of the molecule is C[C@@H](Cc1ccco1)NS(=O)(=O)c1cncc(Cl)c1. The standard InChI is InChI=1S/C12H13ClN2O3S/c1-9(5-11-3-2-4-18-11)15-19(16,17)12-6-10(13)7-14-8-12/h2-4,6-9,15H,5H2,1H3/t9-/m0/s1. The molecule has 1 atom stereocenters. The largest absolute Gasteiger partial charge is 0.469 e. The van der Waals surface area contributed by atoms with Crippen LogP contribution >= 0.6 is 11.6 Å². The molecular formula is C12H13ClN2O3S. The molecule has 2 aromatic rings. The van der Waals surface area contributed by atoms with Crippen LogP contribution in [0.1, 0.15) is 12.7 Å². The van der Waals surface area contributed by atoms with E-state index in [4.69, 9.17) is 16.0 Å². The molecule has 19 heavy (non-hydrogen) atoms. The van der Waals surface area contributed by atoms with Crippen molar-refractivity contribution in [1.29, 1.82) is 0 Å². The van der Waals surface area contributed by atoms with Gasteiger partial charge in [-0.05, 0) is 25.1 Å². The summed E-state index contributed by atoms with van der Waals surface area (Å²) in [5, 5.41) is 0.279. The first-order chi connectivity index (χ1) is 8.97. The fourth-order valence-corrected chi connectivity index (χ4v) is 3.11. The summed E-state index contributed by atoms with van der Waals surface area (Å²) in [6, 6.07) is 4.62. The minimum Gasteiger partial charge on any atom is -0.469 e. The van der Waals surface area contributed by atoms with E-state index in [9.17, 15) is 8.42 Å². The van der Waals surface area contributed by atoms with E-state index in [0.29, 0.717) is 6.42 Å². The van der Waals surface area contributed by atoms with E-state index < -0.39 is 10.0 Å². The molecule has 0 fully saturated rings. The lowest BCUT2D eigenvalue weighted by Crippen LogP contribution is -2.34. The Labute approximate surface area is 116 Å². The summed E-state index contributed by atoms with van der Waals surface area (Å²) >= 11 is 5.73. The minimum atomic E-state index is -3.62. The van der Waals surface area contributed by atoms with Gasteiger partial charge in [0.2, 0.25) is 10.0 Å². The van der Waals surface area contributed by atoms with Crippen molar-refractivity contribution >= 4 is 21.6 Å². The fraction of sp³-hybridized carbons (Fsp3) is 0.250. The monoisotopic (exact) mass is 300 g/mol.